The molecule has 2 aromatic rings. The number of nitrogens with zero attached hydrogens (tertiary/aromatic N) is 2. The van der Waals surface area contributed by atoms with Crippen LogP contribution in [0.5, 0.6) is 5.75 Å². The van der Waals surface area contributed by atoms with Crippen molar-refractivity contribution in [3.8, 4) is 5.75 Å². The Labute approximate surface area is 158 Å². The van der Waals surface area contributed by atoms with Gasteiger partial charge in [-0.25, -0.2) is 0 Å². The number of amides is 2. The van der Waals surface area contributed by atoms with Gasteiger partial charge in [0.25, 0.3) is 5.91 Å². The van der Waals surface area contributed by atoms with Crippen molar-refractivity contribution in [3.05, 3.63) is 54.0 Å². The average Bonchev–Trinajstić information content (AvgIpc) is 3.36. The zero-order valence-electron chi connectivity index (χ0n) is 15.5. The Hall–Kier alpha value is -2.76. The monoisotopic (exact) mass is 368 g/mol. The molecule has 0 N–H and O–H groups in total. The first-order valence-corrected chi connectivity index (χ1v) is 9.36. The number of carbonyl (C=O) groups excluding carboxylic acids is 2. The zero-order valence-corrected chi connectivity index (χ0v) is 15.5. The van der Waals surface area contributed by atoms with Crippen molar-refractivity contribution in [3.63, 3.8) is 0 Å². The highest BCUT2D eigenvalue weighted by atomic mass is 16.5. The topological polar surface area (TPSA) is 63.0 Å². The number of likely N-dealkylation sites (tertiary alicyclic amines) is 2. The van der Waals surface area contributed by atoms with Crippen LogP contribution in [-0.4, -0.2) is 48.4 Å². The van der Waals surface area contributed by atoms with E-state index < -0.39 is 5.41 Å². The van der Waals surface area contributed by atoms with Crippen LogP contribution in [0.2, 0.25) is 0 Å². The first kappa shape index (κ1) is 17.6. The van der Waals surface area contributed by atoms with Crippen molar-refractivity contribution in [2.24, 2.45) is 5.41 Å². The smallest absolute Gasteiger partial charge is 0.289 e. The second-order valence-corrected chi connectivity index (χ2v) is 7.42. The third-order valence-electron chi connectivity index (χ3n) is 5.70. The average molecular weight is 368 g/mol. The highest BCUT2D eigenvalue weighted by Gasteiger charge is 2.49. The second kappa shape index (κ2) is 7.10. The summed E-state index contributed by atoms with van der Waals surface area (Å²) in [5.41, 5.74) is 0.598. The van der Waals surface area contributed by atoms with E-state index in [1.165, 1.54) is 6.26 Å². The lowest BCUT2D eigenvalue weighted by molar-refractivity contribution is -0.146. The molecule has 2 aliphatic rings. The molecule has 2 amide bonds. The molecule has 0 aliphatic carbocycles. The fraction of sp³-hybridized carbons (Fsp3) is 0.429. The van der Waals surface area contributed by atoms with E-state index in [0.29, 0.717) is 31.8 Å². The van der Waals surface area contributed by atoms with Gasteiger partial charge in [0.2, 0.25) is 5.91 Å². The van der Waals surface area contributed by atoms with Crippen molar-refractivity contribution < 1.29 is 18.7 Å². The molecule has 6 heteroatoms. The van der Waals surface area contributed by atoms with Gasteiger partial charge in [-0.3, -0.25) is 9.59 Å². The number of rotatable bonds is 4. The minimum atomic E-state index is -0.459. The minimum Gasteiger partial charge on any atom is -0.497 e. The molecule has 2 fully saturated rings. The lowest BCUT2D eigenvalue weighted by atomic mass is 9.78. The lowest BCUT2D eigenvalue weighted by Gasteiger charge is -2.39. The van der Waals surface area contributed by atoms with Crippen molar-refractivity contribution >= 4 is 11.8 Å². The molecule has 0 saturated carbocycles. The van der Waals surface area contributed by atoms with Gasteiger partial charge in [-0.15, -0.1) is 0 Å². The van der Waals surface area contributed by atoms with Crippen LogP contribution in [-0.2, 0) is 11.3 Å². The maximum absolute atomic E-state index is 13.3. The molecule has 1 atom stereocenters. The van der Waals surface area contributed by atoms with Gasteiger partial charge < -0.3 is 19.0 Å². The van der Waals surface area contributed by atoms with E-state index >= 15 is 0 Å². The molecule has 142 valence electrons. The van der Waals surface area contributed by atoms with Crippen LogP contribution in [0.4, 0.5) is 0 Å². The second-order valence-electron chi connectivity index (χ2n) is 7.42. The minimum absolute atomic E-state index is 0.130. The van der Waals surface area contributed by atoms with Gasteiger partial charge in [-0.05, 0) is 49.1 Å². The fourth-order valence-electron chi connectivity index (χ4n) is 4.27. The van der Waals surface area contributed by atoms with Crippen LogP contribution in [0.1, 0.15) is 35.4 Å². The normalized spacial score (nSPS) is 22.5. The Morgan fingerprint density at radius 1 is 1.22 bits per heavy atom. The third kappa shape index (κ3) is 3.31. The quantitative estimate of drug-likeness (QED) is 0.832. The van der Waals surface area contributed by atoms with Gasteiger partial charge in [-0.1, -0.05) is 12.1 Å². The molecule has 0 bridgehead atoms. The largest absolute Gasteiger partial charge is 0.497 e. The van der Waals surface area contributed by atoms with Gasteiger partial charge in [0, 0.05) is 26.2 Å². The van der Waals surface area contributed by atoms with Crippen molar-refractivity contribution in [1.82, 2.24) is 9.80 Å². The standard InChI is InChI=1S/C21H24N2O4/c1-26-17-6-2-5-16(13-17)14-22-10-4-8-21(20(22)25)9-11-23(15-21)19(24)18-7-3-12-27-18/h2-3,5-7,12-13H,4,8-11,14-15H2,1H3. The summed E-state index contributed by atoms with van der Waals surface area (Å²) in [6.45, 7) is 2.39. The summed E-state index contributed by atoms with van der Waals surface area (Å²) >= 11 is 0. The predicted octanol–water partition coefficient (Wildman–Crippen LogP) is 2.94. The Balaban J connectivity index is 1.47. The number of carbonyl (C=O) groups is 2. The van der Waals surface area contributed by atoms with E-state index in [0.717, 1.165) is 30.7 Å². The van der Waals surface area contributed by atoms with E-state index in [1.807, 2.05) is 29.2 Å². The Bertz CT molecular complexity index is 832. The summed E-state index contributed by atoms with van der Waals surface area (Å²) in [4.78, 5) is 29.6. The van der Waals surface area contributed by atoms with Crippen molar-refractivity contribution in [2.45, 2.75) is 25.8 Å². The molecular formula is C21H24N2O4. The van der Waals surface area contributed by atoms with E-state index in [1.54, 1.807) is 24.1 Å². The van der Waals surface area contributed by atoms with E-state index in [-0.39, 0.29) is 11.8 Å². The molecule has 1 unspecified atom stereocenters. The van der Waals surface area contributed by atoms with E-state index in [2.05, 4.69) is 0 Å². The molecular weight excluding hydrogens is 344 g/mol. The summed E-state index contributed by atoms with van der Waals surface area (Å²) in [5, 5.41) is 0. The number of hydrogen-bond donors (Lipinski definition) is 0. The number of benzene rings is 1. The van der Waals surface area contributed by atoms with Crippen molar-refractivity contribution in [2.75, 3.05) is 26.7 Å². The number of ether oxygens (including phenoxy) is 1. The number of methoxy groups -OCH3 is 1. The number of hydrogen-bond acceptors (Lipinski definition) is 4. The summed E-state index contributed by atoms with van der Waals surface area (Å²) in [7, 11) is 1.64. The van der Waals surface area contributed by atoms with Crippen LogP contribution in [0.3, 0.4) is 0 Å². The SMILES string of the molecule is COc1cccc(CN2CCCC3(CCN(C(=O)c4ccco4)C3)C2=O)c1. The molecule has 2 aliphatic heterocycles. The fourth-order valence-corrected chi connectivity index (χ4v) is 4.27. The molecule has 27 heavy (non-hydrogen) atoms. The van der Waals surface area contributed by atoms with Crippen LogP contribution in [0.25, 0.3) is 0 Å². The Morgan fingerprint density at radius 2 is 2.11 bits per heavy atom. The summed E-state index contributed by atoms with van der Waals surface area (Å²) in [6, 6.07) is 11.2. The molecule has 1 aromatic carbocycles. The zero-order chi connectivity index (χ0) is 18.9. The molecule has 0 radical (unpaired) electrons. The summed E-state index contributed by atoms with van der Waals surface area (Å²) in [5.74, 6) is 1.16. The van der Waals surface area contributed by atoms with E-state index in [9.17, 15) is 9.59 Å². The Morgan fingerprint density at radius 3 is 2.89 bits per heavy atom. The van der Waals surface area contributed by atoms with Crippen LogP contribution in [0, 0.1) is 5.41 Å². The molecule has 1 spiro atoms. The maximum Gasteiger partial charge on any atom is 0.289 e. The van der Waals surface area contributed by atoms with E-state index in [4.69, 9.17) is 9.15 Å². The first-order chi connectivity index (χ1) is 13.1. The van der Waals surface area contributed by atoms with Gasteiger partial charge in [0.1, 0.15) is 5.75 Å². The Kier molecular flexibility index (Phi) is 4.64. The van der Waals surface area contributed by atoms with Crippen molar-refractivity contribution in [1.29, 1.82) is 0 Å². The first-order valence-electron chi connectivity index (χ1n) is 9.36. The van der Waals surface area contributed by atoms with Gasteiger partial charge in [-0.2, -0.15) is 0 Å². The highest BCUT2D eigenvalue weighted by molar-refractivity contribution is 5.93. The lowest BCUT2D eigenvalue weighted by Crippen LogP contribution is -2.50. The van der Waals surface area contributed by atoms with Gasteiger partial charge in [0.05, 0.1) is 18.8 Å². The van der Waals surface area contributed by atoms with Crippen LogP contribution < -0.4 is 4.74 Å². The van der Waals surface area contributed by atoms with Crippen LogP contribution >= 0.6 is 0 Å². The molecule has 2 saturated heterocycles. The number of piperidine rings is 1. The maximum atomic E-state index is 13.3. The number of furan rings is 1. The molecule has 6 nitrogen and oxygen atoms in total. The van der Waals surface area contributed by atoms with Gasteiger partial charge in [0.15, 0.2) is 5.76 Å². The predicted molar refractivity (Wildman–Crippen MR) is 99.3 cm³/mol. The third-order valence-corrected chi connectivity index (χ3v) is 5.70. The molecule has 1 aromatic heterocycles. The highest BCUT2D eigenvalue weighted by Crippen LogP contribution is 2.41. The van der Waals surface area contributed by atoms with Crippen LogP contribution in [0.15, 0.2) is 47.1 Å². The van der Waals surface area contributed by atoms with Gasteiger partial charge >= 0.3 is 0 Å². The molecule has 3 heterocycles. The summed E-state index contributed by atoms with van der Waals surface area (Å²) < 4.78 is 10.5. The molecule has 4 rings (SSSR count). The summed E-state index contributed by atoms with van der Waals surface area (Å²) in [6.07, 6.45) is 4.01.